The zero-order chi connectivity index (χ0) is 17.0. The number of aromatic nitrogens is 3. The number of likely N-dealkylation sites (tertiary alicyclic amines) is 1. The Bertz CT molecular complexity index is 819. The number of hydrogen-bond donors (Lipinski definition) is 1. The minimum atomic E-state index is 0.152. The Morgan fingerprint density at radius 2 is 2.16 bits per heavy atom. The van der Waals surface area contributed by atoms with Crippen LogP contribution >= 0.6 is 0 Å². The van der Waals surface area contributed by atoms with Crippen LogP contribution in [0.1, 0.15) is 71.5 Å². The first-order valence-electron chi connectivity index (χ1n) is 9.43. The standard InChI is InChI=1S/C20H24N4O/c1-13-4-2-5-15(10-13)19(25)24-11-16(20(12-24)8-3-9-20)18-21-17(22-23-18)14-6-7-14/h2,4-5,10,14,16H,3,6-9,11-12H2,1H3,(H,21,22,23). The number of carbonyl (C=O) groups excluding carboxylic acids is 1. The van der Waals surface area contributed by atoms with E-state index < -0.39 is 0 Å². The Morgan fingerprint density at radius 1 is 1.32 bits per heavy atom. The van der Waals surface area contributed by atoms with E-state index in [0.717, 1.165) is 35.9 Å². The molecule has 1 aromatic carbocycles. The highest BCUT2D eigenvalue weighted by Gasteiger charge is 2.53. The lowest BCUT2D eigenvalue weighted by Gasteiger charge is -2.41. The highest BCUT2D eigenvalue weighted by molar-refractivity contribution is 5.94. The van der Waals surface area contributed by atoms with Crippen LogP contribution in [0.4, 0.5) is 0 Å². The van der Waals surface area contributed by atoms with Crippen LogP contribution in [0.15, 0.2) is 24.3 Å². The summed E-state index contributed by atoms with van der Waals surface area (Å²) in [6.07, 6.45) is 6.06. The highest BCUT2D eigenvalue weighted by Crippen LogP contribution is 2.55. The molecule has 25 heavy (non-hydrogen) atoms. The van der Waals surface area contributed by atoms with E-state index in [1.807, 2.05) is 36.1 Å². The number of aromatic amines is 1. The maximum Gasteiger partial charge on any atom is 0.253 e. The summed E-state index contributed by atoms with van der Waals surface area (Å²) in [5.74, 6) is 3.00. The van der Waals surface area contributed by atoms with Gasteiger partial charge in [-0.2, -0.15) is 5.10 Å². The van der Waals surface area contributed by atoms with Gasteiger partial charge in [0.2, 0.25) is 0 Å². The minimum absolute atomic E-state index is 0.152. The maximum atomic E-state index is 13.0. The van der Waals surface area contributed by atoms with Crippen LogP contribution in [0.2, 0.25) is 0 Å². The summed E-state index contributed by atoms with van der Waals surface area (Å²) in [6, 6.07) is 7.91. The molecule has 3 fully saturated rings. The van der Waals surface area contributed by atoms with Crippen LogP contribution in [0.25, 0.3) is 0 Å². The largest absolute Gasteiger partial charge is 0.337 e. The fourth-order valence-corrected chi connectivity index (χ4v) is 4.57. The average Bonchev–Trinajstić information content (AvgIpc) is 3.17. The molecule has 130 valence electrons. The predicted octanol–water partition coefficient (Wildman–Crippen LogP) is 3.40. The average molecular weight is 336 g/mol. The SMILES string of the molecule is Cc1cccc(C(=O)N2CC(c3nc(C4CC4)n[nH]3)C3(CCC3)C2)c1. The molecule has 1 N–H and O–H groups in total. The van der Waals surface area contributed by atoms with Crippen LogP contribution < -0.4 is 0 Å². The third-order valence-corrected chi connectivity index (χ3v) is 6.34. The van der Waals surface area contributed by atoms with Gasteiger partial charge in [-0.1, -0.05) is 24.1 Å². The molecule has 5 nitrogen and oxygen atoms in total. The van der Waals surface area contributed by atoms with Gasteiger partial charge in [-0.3, -0.25) is 9.89 Å². The molecular formula is C20H24N4O. The first-order valence-corrected chi connectivity index (χ1v) is 9.43. The number of hydrogen-bond acceptors (Lipinski definition) is 3. The Balaban J connectivity index is 1.41. The Labute approximate surface area is 147 Å². The van der Waals surface area contributed by atoms with Gasteiger partial charge in [-0.15, -0.1) is 0 Å². The number of rotatable bonds is 3. The van der Waals surface area contributed by atoms with Gasteiger partial charge in [0, 0.05) is 30.5 Å². The van der Waals surface area contributed by atoms with Gasteiger partial charge in [0.25, 0.3) is 5.91 Å². The number of benzene rings is 1. The quantitative estimate of drug-likeness (QED) is 0.934. The van der Waals surface area contributed by atoms with E-state index in [2.05, 4.69) is 10.2 Å². The molecule has 5 rings (SSSR count). The van der Waals surface area contributed by atoms with E-state index in [-0.39, 0.29) is 11.3 Å². The smallest absolute Gasteiger partial charge is 0.253 e. The summed E-state index contributed by atoms with van der Waals surface area (Å²) in [6.45, 7) is 3.64. The van der Waals surface area contributed by atoms with Crippen LogP contribution in [-0.2, 0) is 0 Å². The number of nitrogens with zero attached hydrogens (tertiary/aromatic N) is 3. The van der Waals surface area contributed by atoms with E-state index in [1.165, 1.54) is 32.1 Å². The molecule has 0 bridgehead atoms. The number of carbonyl (C=O) groups is 1. The summed E-state index contributed by atoms with van der Waals surface area (Å²) in [5, 5.41) is 7.65. The van der Waals surface area contributed by atoms with Crippen molar-refractivity contribution in [3.05, 3.63) is 47.0 Å². The lowest BCUT2D eigenvalue weighted by Crippen LogP contribution is -2.38. The predicted molar refractivity (Wildman–Crippen MR) is 94.5 cm³/mol. The molecule has 1 saturated heterocycles. The van der Waals surface area contributed by atoms with E-state index >= 15 is 0 Å². The van der Waals surface area contributed by atoms with Gasteiger partial charge < -0.3 is 4.90 Å². The van der Waals surface area contributed by atoms with E-state index in [1.54, 1.807) is 0 Å². The number of nitrogens with one attached hydrogen (secondary N) is 1. The fourth-order valence-electron chi connectivity index (χ4n) is 4.57. The monoisotopic (exact) mass is 336 g/mol. The molecular weight excluding hydrogens is 312 g/mol. The van der Waals surface area contributed by atoms with Crippen molar-refractivity contribution in [1.82, 2.24) is 20.1 Å². The molecule has 2 saturated carbocycles. The number of aryl methyl sites for hydroxylation is 1. The first kappa shape index (κ1) is 15.1. The molecule has 2 aromatic rings. The Morgan fingerprint density at radius 3 is 2.84 bits per heavy atom. The second-order valence-electron chi connectivity index (χ2n) is 8.18. The van der Waals surface area contributed by atoms with Crippen molar-refractivity contribution in [2.45, 2.75) is 50.9 Å². The molecule has 1 aliphatic heterocycles. The summed E-state index contributed by atoms with van der Waals surface area (Å²) in [7, 11) is 0. The highest BCUT2D eigenvalue weighted by atomic mass is 16.2. The summed E-state index contributed by atoms with van der Waals surface area (Å²) >= 11 is 0. The first-order chi connectivity index (χ1) is 12.1. The zero-order valence-electron chi connectivity index (χ0n) is 14.7. The summed E-state index contributed by atoms with van der Waals surface area (Å²) in [4.78, 5) is 19.9. The summed E-state index contributed by atoms with van der Waals surface area (Å²) < 4.78 is 0. The third kappa shape index (κ3) is 2.48. The van der Waals surface area contributed by atoms with Crippen molar-refractivity contribution < 1.29 is 4.79 Å². The van der Waals surface area contributed by atoms with Crippen molar-refractivity contribution in [1.29, 1.82) is 0 Å². The number of amides is 1. The van der Waals surface area contributed by atoms with Crippen molar-refractivity contribution in [3.8, 4) is 0 Å². The molecule has 1 unspecified atom stereocenters. The molecule has 1 amide bonds. The van der Waals surface area contributed by atoms with Crippen LogP contribution in [-0.4, -0.2) is 39.1 Å². The molecule has 5 heteroatoms. The van der Waals surface area contributed by atoms with Gasteiger partial charge in [0.05, 0.1) is 0 Å². The molecule has 1 atom stereocenters. The van der Waals surface area contributed by atoms with E-state index in [9.17, 15) is 4.79 Å². The molecule has 1 spiro atoms. The fraction of sp³-hybridized carbons (Fsp3) is 0.550. The zero-order valence-corrected chi connectivity index (χ0v) is 14.7. The van der Waals surface area contributed by atoms with E-state index in [4.69, 9.17) is 4.98 Å². The molecule has 2 aliphatic carbocycles. The van der Waals surface area contributed by atoms with Gasteiger partial charge >= 0.3 is 0 Å². The lowest BCUT2D eigenvalue weighted by molar-refractivity contribution is 0.0724. The van der Waals surface area contributed by atoms with Crippen LogP contribution in [0, 0.1) is 12.3 Å². The maximum absolute atomic E-state index is 13.0. The lowest BCUT2D eigenvalue weighted by atomic mass is 9.62. The van der Waals surface area contributed by atoms with E-state index in [0.29, 0.717) is 11.8 Å². The van der Waals surface area contributed by atoms with Crippen molar-refractivity contribution in [3.63, 3.8) is 0 Å². The second kappa shape index (κ2) is 5.41. The van der Waals surface area contributed by atoms with Crippen molar-refractivity contribution >= 4 is 5.91 Å². The van der Waals surface area contributed by atoms with Gasteiger partial charge in [0.15, 0.2) is 5.82 Å². The molecule has 2 heterocycles. The van der Waals surface area contributed by atoms with Crippen LogP contribution in [0.3, 0.4) is 0 Å². The second-order valence-corrected chi connectivity index (χ2v) is 8.18. The minimum Gasteiger partial charge on any atom is -0.337 e. The number of H-pyrrole nitrogens is 1. The molecule has 3 aliphatic rings. The van der Waals surface area contributed by atoms with Gasteiger partial charge in [0.1, 0.15) is 5.82 Å². The Kier molecular flexibility index (Phi) is 3.27. The molecule has 0 radical (unpaired) electrons. The molecule has 1 aromatic heterocycles. The van der Waals surface area contributed by atoms with Crippen LogP contribution in [0.5, 0.6) is 0 Å². The normalized spacial score (nSPS) is 24.5. The third-order valence-electron chi connectivity index (χ3n) is 6.34. The topological polar surface area (TPSA) is 61.9 Å². The van der Waals surface area contributed by atoms with Crippen molar-refractivity contribution in [2.24, 2.45) is 5.41 Å². The summed E-state index contributed by atoms with van der Waals surface area (Å²) in [5.41, 5.74) is 2.13. The Hall–Kier alpha value is -2.17. The van der Waals surface area contributed by atoms with Gasteiger partial charge in [-0.25, -0.2) is 4.98 Å². The van der Waals surface area contributed by atoms with Gasteiger partial charge in [-0.05, 0) is 50.2 Å². The van der Waals surface area contributed by atoms with Crippen molar-refractivity contribution in [2.75, 3.05) is 13.1 Å².